The Morgan fingerprint density at radius 1 is 1.05 bits per heavy atom. The van der Waals surface area contributed by atoms with Crippen molar-refractivity contribution in [2.45, 2.75) is 6.92 Å². The van der Waals surface area contributed by atoms with Gasteiger partial charge in [0.05, 0.1) is 12.1 Å². The second-order valence-electron chi connectivity index (χ2n) is 4.70. The topological polar surface area (TPSA) is 39.2 Å². The van der Waals surface area contributed by atoms with Crippen LogP contribution in [0.2, 0.25) is 0 Å². The molecular weight excluding hydrogens is 262 g/mol. The van der Waals surface area contributed by atoms with Crippen LogP contribution < -0.4 is 4.74 Å². The van der Waals surface area contributed by atoms with Crippen LogP contribution >= 0.6 is 0 Å². The normalized spacial score (nSPS) is 10.5. The highest BCUT2D eigenvalue weighted by Crippen LogP contribution is 2.19. The van der Waals surface area contributed by atoms with Gasteiger partial charge in [0.1, 0.15) is 5.75 Å². The first-order valence-electron chi connectivity index (χ1n) is 6.90. The highest BCUT2D eigenvalue weighted by molar-refractivity contribution is 6.10. The fourth-order valence-corrected chi connectivity index (χ4v) is 2.27. The number of rotatable bonds is 4. The first-order valence-corrected chi connectivity index (χ1v) is 6.90. The average molecular weight is 277 g/mol. The molecule has 0 spiro atoms. The summed E-state index contributed by atoms with van der Waals surface area (Å²) in [5.74, 6) is 0.686. The Hall–Kier alpha value is -2.68. The van der Waals surface area contributed by atoms with Gasteiger partial charge in [-0.1, -0.05) is 30.3 Å². The molecule has 0 atom stereocenters. The molecule has 0 saturated heterocycles. The Balaban J connectivity index is 1.97. The van der Waals surface area contributed by atoms with Crippen molar-refractivity contribution < 1.29 is 9.53 Å². The largest absolute Gasteiger partial charge is 0.494 e. The minimum atomic E-state index is -0.0240. The summed E-state index contributed by atoms with van der Waals surface area (Å²) in [6.45, 7) is 2.50. The molecule has 0 bridgehead atoms. The zero-order valence-corrected chi connectivity index (χ0v) is 11.7. The summed E-state index contributed by atoms with van der Waals surface area (Å²) >= 11 is 0. The monoisotopic (exact) mass is 277 g/mol. The van der Waals surface area contributed by atoms with E-state index in [1.54, 1.807) is 18.3 Å². The Morgan fingerprint density at radius 2 is 1.90 bits per heavy atom. The van der Waals surface area contributed by atoms with Gasteiger partial charge >= 0.3 is 0 Å². The lowest BCUT2D eigenvalue weighted by atomic mass is 10.0. The number of pyridine rings is 1. The summed E-state index contributed by atoms with van der Waals surface area (Å²) in [4.78, 5) is 16.9. The smallest absolute Gasteiger partial charge is 0.193 e. The molecule has 1 aromatic heterocycles. The van der Waals surface area contributed by atoms with E-state index < -0.39 is 0 Å². The van der Waals surface area contributed by atoms with E-state index in [1.807, 2.05) is 49.4 Å². The van der Waals surface area contributed by atoms with Crippen molar-refractivity contribution in [3.8, 4) is 5.75 Å². The minimum absolute atomic E-state index is 0.0240. The van der Waals surface area contributed by atoms with Gasteiger partial charge in [0.25, 0.3) is 0 Å². The molecule has 0 aliphatic carbocycles. The quantitative estimate of drug-likeness (QED) is 0.680. The van der Waals surface area contributed by atoms with Crippen LogP contribution in [-0.4, -0.2) is 17.4 Å². The summed E-state index contributed by atoms with van der Waals surface area (Å²) in [7, 11) is 0. The van der Waals surface area contributed by atoms with E-state index in [1.165, 1.54) is 0 Å². The third-order valence-corrected chi connectivity index (χ3v) is 3.28. The van der Waals surface area contributed by atoms with Crippen LogP contribution in [0.15, 0.2) is 60.8 Å². The molecule has 2 aromatic carbocycles. The van der Waals surface area contributed by atoms with Gasteiger partial charge in [-0.05, 0) is 31.2 Å². The van der Waals surface area contributed by atoms with Gasteiger partial charge in [-0.3, -0.25) is 9.78 Å². The van der Waals surface area contributed by atoms with Gasteiger partial charge < -0.3 is 4.74 Å². The zero-order chi connectivity index (χ0) is 14.7. The maximum Gasteiger partial charge on any atom is 0.193 e. The molecule has 3 nitrogen and oxygen atoms in total. The van der Waals surface area contributed by atoms with E-state index in [0.717, 1.165) is 10.9 Å². The van der Waals surface area contributed by atoms with Crippen LogP contribution in [0.3, 0.4) is 0 Å². The molecule has 0 saturated carbocycles. The number of benzene rings is 2. The van der Waals surface area contributed by atoms with Crippen LogP contribution in [0.1, 0.15) is 22.8 Å². The number of ketones is 1. The lowest BCUT2D eigenvalue weighted by Gasteiger charge is -2.06. The van der Waals surface area contributed by atoms with E-state index in [2.05, 4.69) is 4.98 Å². The molecule has 0 fully saturated rings. The highest BCUT2D eigenvalue weighted by Gasteiger charge is 2.10. The predicted octanol–water partition coefficient (Wildman–Crippen LogP) is 3.86. The van der Waals surface area contributed by atoms with Crippen molar-refractivity contribution in [3.05, 3.63) is 71.9 Å². The fourth-order valence-electron chi connectivity index (χ4n) is 2.27. The summed E-state index contributed by atoms with van der Waals surface area (Å²) < 4.78 is 5.44. The maximum atomic E-state index is 12.6. The lowest BCUT2D eigenvalue weighted by molar-refractivity contribution is 0.103. The van der Waals surface area contributed by atoms with Gasteiger partial charge in [0.15, 0.2) is 5.78 Å². The minimum Gasteiger partial charge on any atom is -0.494 e. The third kappa shape index (κ3) is 2.77. The Bertz CT molecular complexity index is 796. The second-order valence-corrected chi connectivity index (χ2v) is 4.70. The van der Waals surface area contributed by atoms with E-state index in [9.17, 15) is 4.79 Å². The maximum absolute atomic E-state index is 12.6. The molecule has 0 unspecified atom stereocenters. The van der Waals surface area contributed by atoms with Crippen molar-refractivity contribution in [3.63, 3.8) is 0 Å². The van der Waals surface area contributed by atoms with Gasteiger partial charge in [-0.25, -0.2) is 0 Å². The molecule has 0 aliphatic heterocycles. The first kappa shape index (κ1) is 13.3. The van der Waals surface area contributed by atoms with E-state index in [4.69, 9.17) is 4.74 Å². The standard InChI is InChI=1S/C18H15NO2/c1-2-21-16-7-3-5-14(11-16)18(20)15-9-8-13-6-4-10-19-17(13)12-15/h3-12H,2H2,1H3. The number of hydrogen-bond donors (Lipinski definition) is 0. The number of carbonyl (C=O) groups is 1. The van der Waals surface area contributed by atoms with Crippen LogP contribution in [0.5, 0.6) is 5.75 Å². The van der Waals surface area contributed by atoms with Gasteiger partial charge in [0, 0.05) is 22.7 Å². The molecule has 0 aliphatic rings. The highest BCUT2D eigenvalue weighted by atomic mass is 16.5. The van der Waals surface area contributed by atoms with Crippen LogP contribution in [0, 0.1) is 0 Å². The van der Waals surface area contributed by atoms with E-state index in [-0.39, 0.29) is 5.78 Å². The Kier molecular flexibility index (Phi) is 3.65. The molecule has 104 valence electrons. The summed E-state index contributed by atoms with van der Waals surface area (Å²) in [5, 5.41) is 1.03. The fraction of sp³-hybridized carbons (Fsp3) is 0.111. The number of nitrogens with zero attached hydrogens (tertiary/aromatic N) is 1. The molecule has 21 heavy (non-hydrogen) atoms. The van der Waals surface area contributed by atoms with E-state index >= 15 is 0 Å². The molecule has 0 amide bonds. The molecule has 3 heteroatoms. The lowest BCUT2D eigenvalue weighted by Crippen LogP contribution is -2.02. The second kappa shape index (κ2) is 5.75. The van der Waals surface area contributed by atoms with Crippen molar-refractivity contribution in [1.29, 1.82) is 0 Å². The van der Waals surface area contributed by atoms with Crippen LogP contribution in [0.25, 0.3) is 10.9 Å². The van der Waals surface area contributed by atoms with Gasteiger partial charge in [0.2, 0.25) is 0 Å². The molecular formula is C18H15NO2. The van der Waals surface area contributed by atoms with Crippen LogP contribution in [-0.2, 0) is 0 Å². The molecule has 3 aromatic rings. The number of aromatic nitrogens is 1. The Labute approximate surface area is 123 Å². The van der Waals surface area contributed by atoms with Gasteiger partial charge in [-0.2, -0.15) is 0 Å². The number of carbonyl (C=O) groups excluding carboxylic acids is 1. The molecule has 3 rings (SSSR count). The Morgan fingerprint density at radius 3 is 2.76 bits per heavy atom. The third-order valence-electron chi connectivity index (χ3n) is 3.28. The molecule has 0 N–H and O–H groups in total. The molecule has 0 radical (unpaired) electrons. The first-order chi connectivity index (χ1) is 10.3. The number of ether oxygens (including phenoxy) is 1. The van der Waals surface area contributed by atoms with Gasteiger partial charge in [-0.15, -0.1) is 0 Å². The summed E-state index contributed by atoms with van der Waals surface area (Å²) in [5.41, 5.74) is 2.08. The average Bonchev–Trinajstić information content (AvgIpc) is 2.54. The van der Waals surface area contributed by atoms with Crippen molar-refractivity contribution in [1.82, 2.24) is 4.98 Å². The van der Waals surface area contributed by atoms with Crippen molar-refractivity contribution >= 4 is 16.7 Å². The SMILES string of the molecule is CCOc1cccc(C(=O)c2ccc3cccnc3c2)c1. The van der Waals surface area contributed by atoms with E-state index in [0.29, 0.717) is 23.5 Å². The number of fused-ring (bicyclic) bond motifs is 1. The number of hydrogen-bond acceptors (Lipinski definition) is 3. The van der Waals surface area contributed by atoms with Crippen LogP contribution in [0.4, 0.5) is 0 Å². The predicted molar refractivity (Wildman–Crippen MR) is 82.8 cm³/mol. The van der Waals surface area contributed by atoms with Crippen molar-refractivity contribution in [2.75, 3.05) is 6.61 Å². The zero-order valence-electron chi connectivity index (χ0n) is 11.7. The summed E-state index contributed by atoms with van der Waals surface area (Å²) in [6, 6.07) is 16.7. The molecule has 1 heterocycles. The van der Waals surface area contributed by atoms with Crippen molar-refractivity contribution in [2.24, 2.45) is 0 Å². The summed E-state index contributed by atoms with van der Waals surface area (Å²) in [6.07, 6.45) is 1.73.